The van der Waals surface area contributed by atoms with Gasteiger partial charge in [0.05, 0.1) is 17.7 Å². The fraction of sp³-hybridized carbons (Fsp3) is 0.235. The van der Waals surface area contributed by atoms with E-state index in [-0.39, 0.29) is 11.8 Å². The van der Waals surface area contributed by atoms with Crippen LogP contribution in [0.5, 0.6) is 5.75 Å². The molecule has 0 aliphatic carbocycles. The van der Waals surface area contributed by atoms with E-state index in [1.54, 1.807) is 24.3 Å². The number of carbonyl (C=O) groups excluding carboxylic acids is 2. The number of fused-ring (bicyclic) bond motifs is 1. The first-order valence-corrected chi connectivity index (χ1v) is 13.6. The van der Waals surface area contributed by atoms with Crippen LogP contribution in [0.1, 0.15) is 59.2 Å². The molecule has 4 heteroatoms. The standard InChI is InChI=1S/C34H33NO3/c36-33-30-19-11-12-20-31(30)34(37)35(33)23-13-3-1-2-4-14-24-38-28-21-22-29(26-15-7-5-8-16-26)32(25-28)27-17-9-6-10-18-27/h5-12,15-22,25H,1-4,13-14,23-24H2. The summed E-state index contributed by atoms with van der Waals surface area (Å²) in [5.74, 6) is 0.578. The van der Waals surface area contributed by atoms with E-state index in [1.807, 2.05) is 12.1 Å². The Morgan fingerprint density at radius 3 is 1.66 bits per heavy atom. The summed E-state index contributed by atoms with van der Waals surface area (Å²) in [6.07, 6.45) is 6.16. The normalized spacial score (nSPS) is 12.6. The summed E-state index contributed by atoms with van der Waals surface area (Å²) >= 11 is 0. The Morgan fingerprint density at radius 2 is 1.03 bits per heavy atom. The van der Waals surface area contributed by atoms with Crippen LogP contribution >= 0.6 is 0 Å². The summed E-state index contributed by atoms with van der Waals surface area (Å²) in [6, 6.07) is 34.4. The zero-order valence-corrected chi connectivity index (χ0v) is 21.6. The molecule has 1 aliphatic heterocycles. The number of benzene rings is 4. The van der Waals surface area contributed by atoms with Crippen molar-refractivity contribution in [2.24, 2.45) is 0 Å². The van der Waals surface area contributed by atoms with Crippen molar-refractivity contribution in [3.05, 3.63) is 114 Å². The Bertz CT molecular complexity index is 1350. The van der Waals surface area contributed by atoms with Gasteiger partial charge in [-0.25, -0.2) is 0 Å². The number of hydrogen-bond donors (Lipinski definition) is 0. The molecular formula is C34H33NO3. The molecule has 0 radical (unpaired) electrons. The van der Waals surface area contributed by atoms with E-state index in [2.05, 4.69) is 66.7 Å². The van der Waals surface area contributed by atoms with E-state index in [0.717, 1.165) is 44.3 Å². The van der Waals surface area contributed by atoms with Gasteiger partial charge in [-0.05, 0) is 59.4 Å². The number of ether oxygens (including phenoxy) is 1. The van der Waals surface area contributed by atoms with Crippen molar-refractivity contribution in [2.75, 3.05) is 13.2 Å². The zero-order chi connectivity index (χ0) is 26.2. The average molecular weight is 504 g/mol. The van der Waals surface area contributed by atoms with Crippen molar-refractivity contribution >= 4 is 11.8 Å². The van der Waals surface area contributed by atoms with Gasteiger partial charge in [0.15, 0.2) is 0 Å². The van der Waals surface area contributed by atoms with E-state index in [0.29, 0.717) is 24.3 Å². The molecule has 4 aromatic carbocycles. The van der Waals surface area contributed by atoms with Crippen LogP contribution in [0, 0.1) is 0 Å². The van der Waals surface area contributed by atoms with Crippen molar-refractivity contribution < 1.29 is 14.3 Å². The molecule has 4 nitrogen and oxygen atoms in total. The van der Waals surface area contributed by atoms with Gasteiger partial charge < -0.3 is 4.74 Å². The molecule has 1 heterocycles. The third-order valence-corrected chi connectivity index (χ3v) is 7.08. The van der Waals surface area contributed by atoms with Crippen molar-refractivity contribution in [3.8, 4) is 28.0 Å². The molecule has 0 saturated heterocycles. The van der Waals surface area contributed by atoms with Gasteiger partial charge in [0.1, 0.15) is 5.75 Å². The molecule has 0 saturated carbocycles. The summed E-state index contributed by atoms with van der Waals surface area (Å²) in [7, 11) is 0. The van der Waals surface area contributed by atoms with Gasteiger partial charge in [-0.15, -0.1) is 0 Å². The van der Waals surface area contributed by atoms with E-state index in [9.17, 15) is 9.59 Å². The van der Waals surface area contributed by atoms with Gasteiger partial charge in [0.25, 0.3) is 11.8 Å². The summed E-state index contributed by atoms with van der Waals surface area (Å²) in [5.41, 5.74) is 5.81. The Morgan fingerprint density at radius 1 is 0.500 bits per heavy atom. The highest BCUT2D eigenvalue weighted by molar-refractivity contribution is 6.21. The molecule has 0 aromatic heterocycles. The van der Waals surface area contributed by atoms with Gasteiger partial charge in [-0.1, -0.05) is 105 Å². The fourth-order valence-electron chi connectivity index (χ4n) is 5.05. The Hall–Kier alpha value is -4.18. The molecule has 0 atom stereocenters. The van der Waals surface area contributed by atoms with Crippen LogP contribution in [0.4, 0.5) is 0 Å². The largest absolute Gasteiger partial charge is 0.494 e. The maximum Gasteiger partial charge on any atom is 0.261 e. The predicted molar refractivity (Wildman–Crippen MR) is 152 cm³/mol. The highest BCUT2D eigenvalue weighted by Gasteiger charge is 2.34. The average Bonchev–Trinajstić information content (AvgIpc) is 3.22. The topological polar surface area (TPSA) is 46.6 Å². The Balaban J connectivity index is 1.05. The van der Waals surface area contributed by atoms with Crippen LogP contribution in [-0.2, 0) is 0 Å². The van der Waals surface area contributed by atoms with Crippen molar-refractivity contribution in [1.29, 1.82) is 0 Å². The van der Waals surface area contributed by atoms with E-state index in [1.165, 1.54) is 27.2 Å². The number of rotatable bonds is 12. The quantitative estimate of drug-likeness (QED) is 0.145. The van der Waals surface area contributed by atoms with Crippen LogP contribution in [0.3, 0.4) is 0 Å². The second-order valence-electron chi connectivity index (χ2n) is 9.72. The van der Waals surface area contributed by atoms with Gasteiger partial charge in [-0.3, -0.25) is 14.5 Å². The second-order valence-corrected chi connectivity index (χ2v) is 9.72. The lowest BCUT2D eigenvalue weighted by atomic mass is 9.94. The van der Waals surface area contributed by atoms with Crippen molar-refractivity contribution in [2.45, 2.75) is 38.5 Å². The van der Waals surface area contributed by atoms with Gasteiger partial charge in [-0.2, -0.15) is 0 Å². The summed E-state index contributed by atoms with van der Waals surface area (Å²) in [4.78, 5) is 26.3. The maximum absolute atomic E-state index is 12.4. The smallest absolute Gasteiger partial charge is 0.261 e. The lowest BCUT2D eigenvalue weighted by molar-refractivity contribution is 0.0651. The van der Waals surface area contributed by atoms with E-state index < -0.39 is 0 Å². The van der Waals surface area contributed by atoms with Crippen molar-refractivity contribution in [1.82, 2.24) is 4.90 Å². The minimum Gasteiger partial charge on any atom is -0.494 e. The fourth-order valence-corrected chi connectivity index (χ4v) is 5.05. The Labute approximate surface area is 224 Å². The number of imide groups is 1. The lowest BCUT2D eigenvalue weighted by Crippen LogP contribution is -2.30. The summed E-state index contributed by atoms with van der Waals surface area (Å²) in [5, 5.41) is 0. The third kappa shape index (κ3) is 5.86. The Kier molecular flexibility index (Phi) is 8.29. The minimum absolute atomic E-state index is 0.157. The maximum atomic E-state index is 12.4. The van der Waals surface area contributed by atoms with E-state index >= 15 is 0 Å². The minimum atomic E-state index is -0.157. The van der Waals surface area contributed by atoms with Crippen molar-refractivity contribution in [3.63, 3.8) is 0 Å². The zero-order valence-electron chi connectivity index (χ0n) is 21.6. The van der Waals surface area contributed by atoms with Crippen LogP contribution in [0.25, 0.3) is 22.3 Å². The monoisotopic (exact) mass is 503 g/mol. The van der Waals surface area contributed by atoms with Gasteiger partial charge in [0.2, 0.25) is 0 Å². The van der Waals surface area contributed by atoms with Gasteiger partial charge >= 0.3 is 0 Å². The van der Waals surface area contributed by atoms with Crippen LogP contribution < -0.4 is 4.74 Å². The van der Waals surface area contributed by atoms with Crippen LogP contribution in [-0.4, -0.2) is 29.9 Å². The number of unbranched alkanes of at least 4 members (excludes halogenated alkanes) is 5. The lowest BCUT2D eigenvalue weighted by Gasteiger charge is -2.14. The molecule has 0 N–H and O–H groups in total. The first-order chi connectivity index (χ1) is 18.7. The summed E-state index contributed by atoms with van der Waals surface area (Å²) in [6.45, 7) is 1.19. The molecule has 1 aliphatic rings. The summed E-state index contributed by atoms with van der Waals surface area (Å²) < 4.78 is 6.13. The molecule has 192 valence electrons. The number of nitrogens with zero attached hydrogens (tertiary/aromatic N) is 1. The van der Waals surface area contributed by atoms with Crippen LogP contribution in [0.15, 0.2) is 103 Å². The first-order valence-electron chi connectivity index (χ1n) is 13.6. The first kappa shape index (κ1) is 25.5. The molecule has 38 heavy (non-hydrogen) atoms. The number of carbonyl (C=O) groups is 2. The SMILES string of the molecule is O=C1c2ccccc2C(=O)N1CCCCCCCCOc1ccc(-c2ccccc2)c(-c2ccccc2)c1. The molecule has 5 rings (SSSR count). The highest BCUT2D eigenvalue weighted by Crippen LogP contribution is 2.35. The van der Waals surface area contributed by atoms with E-state index in [4.69, 9.17) is 4.74 Å². The number of hydrogen-bond acceptors (Lipinski definition) is 3. The number of amides is 2. The molecule has 0 bridgehead atoms. The molecule has 0 fully saturated rings. The van der Waals surface area contributed by atoms with Crippen LogP contribution in [0.2, 0.25) is 0 Å². The predicted octanol–water partition coefficient (Wildman–Crippen LogP) is 8.04. The molecule has 2 amide bonds. The third-order valence-electron chi connectivity index (χ3n) is 7.08. The highest BCUT2D eigenvalue weighted by atomic mass is 16.5. The molecule has 4 aromatic rings. The van der Waals surface area contributed by atoms with Gasteiger partial charge in [0, 0.05) is 6.54 Å². The molecule has 0 spiro atoms. The molecule has 0 unspecified atom stereocenters. The second kappa shape index (κ2) is 12.4. The molecular weight excluding hydrogens is 470 g/mol.